The van der Waals surface area contributed by atoms with Gasteiger partial charge in [0.1, 0.15) is 12.1 Å². The quantitative estimate of drug-likeness (QED) is 0.854. The largest absolute Gasteiger partial charge is 0.367 e. The van der Waals surface area contributed by atoms with Crippen molar-refractivity contribution in [1.82, 2.24) is 19.8 Å². The maximum Gasteiger partial charge on any atom is 0.236 e. The number of aromatic nitrogens is 2. The van der Waals surface area contributed by atoms with Crippen LogP contribution in [0.3, 0.4) is 0 Å². The topological polar surface area (TPSA) is 61.4 Å². The van der Waals surface area contributed by atoms with Crippen LogP contribution in [0.5, 0.6) is 0 Å². The highest BCUT2D eigenvalue weighted by Crippen LogP contribution is 2.14. The van der Waals surface area contributed by atoms with Gasteiger partial charge in [-0.05, 0) is 18.9 Å². The van der Waals surface area contributed by atoms with Crippen molar-refractivity contribution in [2.24, 2.45) is 0 Å². The molecule has 1 aromatic heterocycles. The first-order valence-corrected chi connectivity index (χ1v) is 6.60. The molecule has 19 heavy (non-hydrogen) atoms. The van der Waals surface area contributed by atoms with Gasteiger partial charge in [0, 0.05) is 39.4 Å². The molecule has 1 amide bonds. The molecule has 2 heterocycles. The van der Waals surface area contributed by atoms with E-state index < -0.39 is 0 Å². The van der Waals surface area contributed by atoms with Crippen molar-refractivity contribution in [1.29, 1.82) is 0 Å². The molecule has 6 heteroatoms. The van der Waals surface area contributed by atoms with E-state index >= 15 is 0 Å². The van der Waals surface area contributed by atoms with Crippen LogP contribution < -0.4 is 5.32 Å². The van der Waals surface area contributed by atoms with Gasteiger partial charge in [-0.3, -0.25) is 9.69 Å². The number of carbonyl (C=O) groups is 1. The van der Waals surface area contributed by atoms with Crippen LogP contribution in [0, 0.1) is 0 Å². The van der Waals surface area contributed by atoms with Crippen LogP contribution in [0.25, 0.3) is 0 Å². The molecule has 6 nitrogen and oxygen atoms in total. The Morgan fingerprint density at radius 1 is 1.47 bits per heavy atom. The zero-order valence-corrected chi connectivity index (χ0v) is 11.5. The summed E-state index contributed by atoms with van der Waals surface area (Å²) in [6, 6.07) is 2.31. The van der Waals surface area contributed by atoms with Crippen molar-refractivity contribution in [2.45, 2.75) is 18.9 Å². The van der Waals surface area contributed by atoms with Gasteiger partial charge in [0.15, 0.2) is 0 Å². The maximum atomic E-state index is 11.6. The molecule has 0 radical (unpaired) electrons. The van der Waals surface area contributed by atoms with Gasteiger partial charge in [-0.2, -0.15) is 0 Å². The van der Waals surface area contributed by atoms with Crippen LogP contribution in [-0.4, -0.2) is 65.4 Å². The highest BCUT2D eigenvalue weighted by molar-refractivity contribution is 5.77. The monoisotopic (exact) mass is 263 g/mol. The van der Waals surface area contributed by atoms with Crippen LogP contribution in [-0.2, 0) is 4.79 Å². The van der Waals surface area contributed by atoms with Gasteiger partial charge in [-0.25, -0.2) is 9.97 Å². The number of nitrogens with one attached hydrogen (secondary N) is 1. The summed E-state index contributed by atoms with van der Waals surface area (Å²) in [6.45, 7) is 2.41. The fraction of sp³-hybridized carbons (Fsp3) is 0.615. The van der Waals surface area contributed by atoms with Gasteiger partial charge < -0.3 is 10.2 Å². The Bertz CT molecular complexity index is 401. The lowest BCUT2D eigenvalue weighted by molar-refractivity contribution is -0.130. The second-order valence-electron chi connectivity index (χ2n) is 5.08. The van der Waals surface area contributed by atoms with Gasteiger partial charge in [0.2, 0.25) is 5.91 Å². The third kappa shape index (κ3) is 4.17. The minimum Gasteiger partial charge on any atom is -0.367 e. The summed E-state index contributed by atoms with van der Waals surface area (Å²) >= 11 is 0. The van der Waals surface area contributed by atoms with E-state index in [1.807, 2.05) is 6.07 Å². The van der Waals surface area contributed by atoms with E-state index in [9.17, 15) is 4.79 Å². The van der Waals surface area contributed by atoms with Crippen molar-refractivity contribution in [3.8, 4) is 0 Å². The first kappa shape index (κ1) is 13.7. The normalized spacial score (nSPS) is 17.2. The maximum absolute atomic E-state index is 11.6. The third-order valence-corrected chi connectivity index (χ3v) is 3.38. The zero-order chi connectivity index (χ0) is 13.7. The van der Waals surface area contributed by atoms with E-state index in [1.165, 1.54) is 0 Å². The standard InChI is InChI=1S/C13H21N5O/c1-17(2)13(19)9-18-7-4-11(5-8-18)16-12-3-6-14-10-15-12/h3,6,10-11H,4-5,7-9H2,1-2H3,(H,14,15,16). The molecule has 1 saturated heterocycles. The molecule has 1 fully saturated rings. The number of piperidine rings is 1. The lowest BCUT2D eigenvalue weighted by atomic mass is 10.1. The third-order valence-electron chi connectivity index (χ3n) is 3.38. The van der Waals surface area contributed by atoms with E-state index in [2.05, 4.69) is 20.2 Å². The SMILES string of the molecule is CN(C)C(=O)CN1CCC(Nc2ccncn2)CC1. The Morgan fingerprint density at radius 3 is 2.79 bits per heavy atom. The van der Waals surface area contributed by atoms with Crippen molar-refractivity contribution in [2.75, 3.05) is 39.0 Å². The molecule has 0 saturated carbocycles. The second kappa shape index (κ2) is 6.47. The Kier molecular flexibility index (Phi) is 4.68. The van der Waals surface area contributed by atoms with Gasteiger partial charge >= 0.3 is 0 Å². The minimum atomic E-state index is 0.169. The number of nitrogens with zero attached hydrogens (tertiary/aromatic N) is 4. The summed E-state index contributed by atoms with van der Waals surface area (Å²) in [5, 5.41) is 3.40. The fourth-order valence-electron chi connectivity index (χ4n) is 2.15. The smallest absolute Gasteiger partial charge is 0.236 e. The highest BCUT2D eigenvalue weighted by atomic mass is 16.2. The minimum absolute atomic E-state index is 0.169. The molecule has 0 aromatic carbocycles. The van der Waals surface area contributed by atoms with E-state index in [0.717, 1.165) is 31.7 Å². The number of hydrogen-bond acceptors (Lipinski definition) is 5. The molecule has 0 unspecified atom stereocenters. The highest BCUT2D eigenvalue weighted by Gasteiger charge is 2.21. The summed E-state index contributed by atoms with van der Waals surface area (Å²) in [6.07, 6.45) is 5.35. The van der Waals surface area contributed by atoms with Crippen LogP contribution in [0.2, 0.25) is 0 Å². The molecule has 0 spiro atoms. The number of anilines is 1. The molecule has 2 rings (SSSR count). The fourth-order valence-corrected chi connectivity index (χ4v) is 2.15. The summed E-state index contributed by atoms with van der Waals surface area (Å²) < 4.78 is 0. The van der Waals surface area contributed by atoms with Gasteiger partial charge in [0.05, 0.1) is 6.54 Å². The van der Waals surface area contributed by atoms with Gasteiger partial charge in [-0.1, -0.05) is 0 Å². The molecule has 0 aliphatic carbocycles. The molecule has 1 aromatic rings. The predicted molar refractivity (Wildman–Crippen MR) is 73.8 cm³/mol. The van der Waals surface area contributed by atoms with Crippen LogP contribution in [0.15, 0.2) is 18.6 Å². The predicted octanol–water partition coefficient (Wildman–Crippen LogP) is 0.441. The summed E-state index contributed by atoms with van der Waals surface area (Å²) in [7, 11) is 3.59. The lowest BCUT2D eigenvalue weighted by Crippen LogP contribution is -2.44. The molecule has 0 atom stereocenters. The molecule has 104 valence electrons. The Labute approximate surface area is 113 Å². The molecular weight excluding hydrogens is 242 g/mol. The van der Waals surface area contributed by atoms with Crippen molar-refractivity contribution in [3.05, 3.63) is 18.6 Å². The number of carbonyl (C=O) groups excluding carboxylic acids is 1. The van der Waals surface area contributed by atoms with Crippen LogP contribution in [0.4, 0.5) is 5.82 Å². The van der Waals surface area contributed by atoms with Crippen molar-refractivity contribution >= 4 is 11.7 Å². The lowest BCUT2D eigenvalue weighted by Gasteiger charge is -2.32. The van der Waals surface area contributed by atoms with E-state index in [4.69, 9.17) is 0 Å². The van der Waals surface area contributed by atoms with Crippen LogP contribution in [0.1, 0.15) is 12.8 Å². The van der Waals surface area contributed by atoms with E-state index in [0.29, 0.717) is 12.6 Å². The van der Waals surface area contributed by atoms with Crippen LogP contribution >= 0.6 is 0 Å². The molecular formula is C13H21N5O. The number of rotatable bonds is 4. The molecule has 1 aliphatic heterocycles. The van der Waals surface area contributed by atoms with Crippen molar-refractivity contribution in [3.63, 3.8) is 0 Å². The molecule has 1 aliphatic rings. The number of hydrogen-bond donors (Lipinski definition) is 1. The zero-order valence-electron chi connectivity index (χ0n) is 11.5. The summed E-state index contributed by atoms with van der Waals surface area (Å²) in [5.41, 5.74) is 0. The molecule has 0 bridgehead atoms. The van der Waals surface area contributed by atoms with E-state index in [1.54, 1.807) is 31.5 Å². The molecule has 1 N–H and O–H groups in total. The average molecular weight is 263 g/mol. The Balaban J connectivity index is 1.75. The van der Waals surface area contributed by atoms with E-state index in [-0.39, 0.29) is 5.91 Å². The van der Waals surface area contributed by atoms with Crippen molar-refractivity contribution < 1.29 is 4.79 Å². The average Bonchev–Trinajstić information content (AvgIpc) is 2.42. The first-order chi connectivity index (χ1) is 9.15. The summed E-state index contributed by atoms with van der Waals surface area (Å²) in [5.74, 6) is 1.04. The Hall–Kier alpha value is -1.69. The summed E-state index contributed by atoms with van der Waals surface area (Å²) in [4.78, 5) is 23.6. The number of likely N-dealkylation sites (tertiary alicyclic amines) is 1. The first-order valence-electron chi connectivity index (χ1n) is 6.60. The Morgan fingerprint density at radius 2 is 2.21 bits per heavy atom. The van der Waals surface area contributed by atoms with Gasteiger partial charge in [-0.15, -0.1) is 0 Å². The second-order valence-corrected chi connectivity index (χ2v) is 5.08. The number of likely N-dealkylation sites (N-methyl/N-ethyl adjacent to an activating group) is 1. The van der Waals surface area contributed by atoms with Gasteiger partial charge in [0.25, 0.3) is 0 Å². The number of amides is 1.